The molecule has 1 aromatic carbocycles. The molecule has 2 N–H and O–H groups in total. The number of nitrogens with one attached hydrogen (secondary N) is 2. The first kappa shape index (κ1) is 20.3. The quantitative estimate of drug-likeness (QED) is 0.448. The molecule has 5 nitrogen and oxygen atoms in total. The third kappa shape index (κ3) is 6.04. The summed E-state index contributed by atoms with van der Waals surface area (Å²) in [6.07, 6.45) is 2.30. The molecule has 0 spiro atoms. The second-order valence-corrected chi connectivity index (χ2v) is 7.38. The molecule has 1 heterocycles. The van der Waals surface area contributed by atoms with Gasteiger partial charge in [0.1, 0.15) is 0 Å². The number of carbonyl (C=O) groups excluding carboxylic acids is 1. The van der Waals surface area contributed by atoms with Gasteiger partial charge in [0.05, 0.1) is 0 Å². The lowest BCUT2D eigenvalue weighted by molar-refractivity contribution is -0.132. The van der Waals surface area contributed by atoms with Gasteiger partial charge in [-0.1, -0.05) is 38.1 Å². The Morgan fingerprint density at radius 1 is 1.23 bits per heavy atom. The van der Waals surface area contributed by atoms with Crippen LogP contribution in [-0.2, 0) is 17.8 Å². The fraction of sp³-hybridized carbons (Fsp3) is 0.619. The minimum Gasteiger partial charge on any atom is -0.357 e. The number of fused-ring (bicyclic) bond motifs is 1. The molecule has 0 saturated carbocycles. The third-order valence-electron chi connectivity index (χ3n) is 5.01. The van der Waals surface area contributed by atoms with Crippen molar-refractivity contribution < 1.29 is 4.79 Å². The van der Waals surface area contributed by atoms with Crippen LogP contribution in [-0.4, -0.2) is 42.4 Å². The molecule has 5 heteroatoms. The van der Waals surface area contributed by atoms with Gasteiger partial charge in [-0.05, 0) is 43.7 Å². The van der Waals surface area contributed by atoms with Crippen LogP contribution in [0.4, 0.5) is 0 Å². The van der Waals surface area contributed by atoms with Crippen LogP contribution in [0.5, 0.6) is 0 Å². The van der Waals surface area contributed by atoms with Crippen molar-refractivity contribution in [3.63, 3.8) is 0 Å². The van der Waals surface area contributed by atoms with Gasteiger partial charge in [-0.25, -0.2) is 0 Å². The number of amides is 1. The first-order valence-electron chi connectivity index (χ1n) is 9.90. The van der Waals surface area contributed by atoms with Crippen molar-refractivity contribution in [3.8, 4) is 0 Å². The Morgan fingerprint density at radius 2 is 1.96 bits per heavy atom. The predicted molar refractivity (Wildman–Crippen MR) is 108 cm³/mol. The highest BCUT2D eigenvalue weighted by Gasteiger charge is 2.19. The molecular formula is C21H34N4O. The highest BCUT2D eigenvalue weighted by Crippen LogP contribution is 2.19. The van der Waals surface area contributed by atoms with E-state index in [-0.39, 0.29) is 5.91 Å². The molecule has 1 atom stereocenters. The van der Waals surface area contributed by atoms with Crippen molar-refractivity contribution in [1.82, 2.24) is 15.5 Å². The van der Waals surface area contributed by atoms with Gasteiger partial charge in [0, 0.05) is 38.6 Å². The largest absolute Gasteiger partial charge is 0.357 e. The Bertz CT molecular complexity index is 612. The number of benzene rings is 1. The van der Waals surface area contributed by atoms with Crippen molar-refractivity contribution in [2.45, 2.75) is 59.5 Å². The molecule has 144 valence electrons. The van der Waals surface area contributed by atoms with Crippen molar-refractivity contribution in [2.75, 3.05) is 19.6 Å². The molecule has 0 fully saturated rings. The molecule has 0 aliphatic carbocycles. The van der Waals surface area contributed by atoms with Crippen molar-refractivity contribution >= 4 is 11.9 Å². The van der Waals surface area contributed by atoms with Crippen molar-refractivity contribution in [1.29, 1.82) is 0 Å². The van der Waals surface area contributed by atoms with Gasteiger partial charge in [-0.15, -0.1) is 0 Å². The Morgan fingerprint density at radius 3 is 2.65 bits per heavy atom. The van der Waals surface area contributed by atoms with E-state index in [9.17, 15) is 4.79 Å². The van der Waals surface area contributed by atoms with Gasteiger partial charge in [0.2, 0.25) is 5.91 Å². The number of hydrogen-bond donors (Lipinski definition) is 2. The number of hydrogen-bond acceptors (Lipinski definition) is 2. The number of rotatable bonds is 7. The molecule has 1 unspecified atom stereocenters. The van der Waals surface area contributed by atoms with Crippen LogP contribution in [0.25, 0.3) is 0 Å². The lowest BCUT2D eigenvalue weighted by Gasteiger charge is -2.29. The Kier molecular flexibility index (Phi) is 7.95. The molecule has 26 heavy (non-hydrogen) atoms. The zero-order valence-electron chi connectivity index (χ0n) is 16.7. The fourth-order valence-corrected chi connectivity index (χ4v) is 2.99. The summed E-state index contributed by atoms with van der Waals surface area (Å²) < 4.78 is 0. The molecule has 1 aliphatic rings. The smallest absolute Gasteiger partial charge is 0.222 e. The van der Waals surface area contributed by atoms with Crippen molar-refractivity contribution in [2.24, 2.45) is 10.9 Å². The van der Waals surface area contributed by atoms with Crippen LogP contribution < -0.4 is 10.6 Å². The normalized spacial score (nSPS) is 15.6. The first-order chi connectivity index (χ1) is 12.5. The van der Waals surface area contributed by atoms with Gasteiger partial charge in [-0.2, -0.15) is 0 Å². The summed E-state index contributed by atoms with van der Waals surface area (Å²) in [7, 11) is 0. The summed E-state index contributed by atoms with van der Waals surface area (Å²) in [6, 6.07) is 8.78. The average Bonchev–Trinajstić information content (AvgIpc) is 2.64. The molecule has 1 aliphatic heterocycles. The molecule has 0 radical (unpaired) electrons. The second-order valence-electron chi connectivity index (χ2n) is 7.38. The summed E-state index contributed by atoms with van der Waals surface area (Å²) >= 11 is 0. The first-order valence-corrected chi connectivity index (χ1v) is 9.90. The number of guanidine groups is 1. The lowest BCUT2D eigenvalue weighted by atomic mass is 9.99. The van der Waals surface area contributed by atoms with E-state index in [1.807, 2.05) is 4.90 Å². The van der Waals surface area contributed by atoms with Gasteiger partial charge in [0.15, 0.2) is 5.96 Å². The molecular weight excluding hydrogens is 324 g/mol. The second kappa shape index (κ2) is 10.2. The summed E-state index contributed by atoms with van der Waals surface area (Å²) in [5.74, 6) is 1.62. The van der Waals surface area contributed by atoms with Gasteiger partial charge < -0.3 is 15.5 Å². The van der Waals surface area contributed by atoms with E-state index in [4.69, 9.17) is 0 Å². The van der Waals surface area contributed by atoms with E-state index in [1.54, 1.807) is 0 Å². The van der Waals surface area contributed by atoms with E-state index in [1.165, 1.54) is 11.1 Å². The topological polar surface area (TPSA) is 56.7 Å². The van der Waals surface area contributed by atoms with Crippen LogP contribution in [0.3, 0.4) is 0 Å². The van der Waals surface area contributed by atoms with E-state index in [2.05, 4.69) is 67.6 Å². The summed E-state index contributed by atoms with van der Waals surface area (Å²) in [4.78, 5) is 19.1. The fourth-order valence-electron chi connectivity index (χ4n) is 2.99. The number of aliphatic imine (C=N–C) groups is 1. The maximum absolute atomic E-state index is 12.5. The van der Waals surface area contributed by atoms with E-state index >= 15 is 0 Å². The molecule has 0 aromatic heterocycles. The summed E-state index contributed by atoms with van der Waals surface area (Å²) in [5, 5.41) is 6.70. The Balaban J connectivity index is 1.78. The highest BCUT2D eigenvalue weighted by molar-refractivity contribution is 5.80. The number of carbonyl (C=O) groups is 1. The van der Waals surface area contributed by atoms with Crippen LogP contribution in [0.2, 0.25) is 0 Å². The third-order valence-corrected chi connectivity index (χ3v) is 5.01. The van der Waals surface area contributed by atoms with E-state index < -0.39 is 0 Å². The minimum atomic E-state index is 0.239. The minimum absolute atomic E-state index is 0.239. The zero-order chi connectivity index (χ0) is 18.9. The number of nitrogens with zero attached hydrogens (tertiary/aromatic N) is 2. The molecule has 1 aromatic rings. The molecule has 1 amide bonds. The Labute approximate surface area is 158 Å². The van der Waals surface area contributed by atoms with Crippen molar-refractivity contribution in [3.05, 3.63) is 35.4 Å². The van der Waals surface area contributed by atoms with E-state index in [0.29, 0.717) is 24.9 Å². The van der Waals surface area contributed by atoms with Gasteiger partial charge in [-0.3, -0.25) is 9.79 Å². The summed E-state index contributed by atoms with van der Waals surface area (Å²) in [6.45, 7) is 11.7. The molecule has 2 rings (SSSR count). The van der Waals surface area contributed by atoms with Gasteiger partial charge in [0.25, 0.3) is 0 Å². The zero-order valence-corrected chi connectivity index (χ0v) is 16.7. The maximum Gasteiger partial charge on any atom is 0.222 e. The monoisotopic (exact) mass is 358 g/mol. The lowest BCUT2D eigenvalue weighted by Crippen LogP contribution is -2.44. The molecule has 0 saturated heterocycles. The van der Waals surface area contributed by atoms with Crippen LogP contribution in [0.15, 0.2) is 29.3 Å². The predicted octanol–water partition coefficient (Wildman–Crippen LogP) is 2.95. The van der Waals surface area contributed by atoms with Crippen LogP contribution in [0.1, 0.15) is 51.7 Å². The highest BCUT2D eigenvalue weighted by atomic mass is 16.2. The standard InChI is InChI=1S/C21H34N4O/c1-5-22-21(24-17(4)16(2)3)23-13-8-11-20(26)25-14-12-18-9-6-7-10-19(18)15-25/h6-7,9-10,16-17H,5,8,11-15H2,1-4H3,(H2,22,23,24). The Hall–Kier alpha value is -2.04. The van der Waals surface area contributed by atoms with Gasteiger partial charge >= 0.3 is 0 Å². The SMILES string of the molecule is CCNC(=NCCCC(=O)N1CCc2ccccc2C1)NC(C)C(C)C. The van der Waals surface area contributed by atoms with Crippen LogP contribution in [0, 0.1) is 5.92 Å². The maximum atomic E-state index is 12.5. The molecule has 0 bridgehead atoms. The van der Waals surface area contributed by atoms with E-state index in [0.717, 1.165) is 38.4 Å². The van der Waals surface area contributed by atoms with Crippen LogP contribution >= 0.6 is 0 Å². The summed E-state index contributed by atoms with van der Waals surface area (Å²) in [5.41, 5.74) is 2.66. The average molecular weight is 359 g/mol.